The zero-order valence-electron chi connectivity index (χ0n) is 14.3. The largest absolute Gasteiger partial charge is 0.469 e. The Morgan fingerprint density at radius 1 is 1.17 bits per heavy atom. The quantitative estimate of drug-likeness (QED) is 0.582. The van der Waals surface area contributed by atoms with Gasteiger partial charge in [-0.25, -0.2) is 9.50 Å². The normalized spacial score (nSPS) is 10.8. The van der Waals surface area contributed by atoms with Crippen molar-refractivity contribution >= 4 is 17.7 Å². The van der Waals surface area contributed by atoms with Crippen LogP contribution in [0.1, 0.15) is 54.1 Å². The highest BCUT2D eigenvalue weighted by Gasteiger charge is 2.14. The van der Waals surface area contributed by atoms with E-state index in [4.69, 9.17) is 0 Å². The third-order valence-corrected chi connectivity index (χ3v) is 3.64. The van der Waals surface area contributed by atoms with Crippen LogP contribution in [0.25, 0.3) is 5.78 Å². The number of fused-ring (bicyclic) bond motifs is 1. The number of rotatable bonds is 8. The summed E-state index contributed by atoms with van der Waals surface area (Å²) in [6.07, 6.45) is 3.96. The van der Waals surface area contributed by atoms with Crippen molar-refractivity contribution in [1.29, 1.82) is 0 Å². The van der Waals surface area contributed by atoms with Crippen LogP contribution in [0.15, 0.2) is 6.07 Å². The molecule has 0 saturated heterocycles. The second-order valence-electron chi connectivity index (χ2n) is 5.68. The van der Waals surface area contributed by atoms with Gasteiger partial charge in [-0.15, -0.1) is 5.10 Å². The Morgan fingerprint density at radius 2 is 1.92 bits per heavy atom. The van der Waals surface area contributed by atoms with Gasteiger partial charge in [-0.1, -0.05) is 12.8 Å². The number of methoxy groups -OCH3 is 1. The fourth-order valence-electron chi connectivity index (χ4n) is 2.39. The summed E-state index contributed by atoms with van der Waals surface area (Å²) in [7, 11) is 1.39. The van der Waals surface area contributed by atoms with Crippen molar-refractivity contribution < 1.29 is 14.3 Å². The third-order valence-electron chi connectivity index (χ3n) is 3.64. The van der Waals surface area contributed by atoms with Gasteiger partial charge >= 0.3 is 5.97 Å². The van der Waals surface area contributed by atoms with Gasteiger partial charge in [0.15, 0.2) is 0 Å². The van der Waals surface area contributed by atoms with Crippen molar-refractivity contribution in [3.8, 4) is 0 Å². The molecule has 1 N–H and O–H groups in total. The summed E-state index contributed by atoms with van der Waals surface area (Å²) in [5, 5.41) is 7.00. The predicted molar refractivity (Wildman–Crippen MR) is 87.7 cm³/mol. The topological polar surface area (TPSA) is 98.5 Å². The van der Waals surface area contributed by atoms with Gasteiger partial charge in [0.25, 0.3) is 11.7 Å². The van der Waals surface area contributed by atoms with Gasteiger partial charge in [-0.3, -0.25) is 9.59 Å². The Balaban J connectivity index is 1.75. The molecule has 2 heterocycles. The molecule has 8 heteroatoms. The van der Waals surface area contributed by atoms with Gasteiger partial charge in [0, 0.05) is 24.4 Å². The van der Waals surface area contributed by atoms with E-state index in [9.17, 15) is 9.59 Å². The van der Waals surface area contributed by atoms with Crippen LogP contribution in [0.2, 0.25) is 0 Å². The fraction of sp³-hybridized carbons (Fsp3) is 0.562. The highest BCUT2D eigenvalue weighted by Crippen LogP contribution is 2.06. The van der Waals surface area contributed by atoms with Crippen molar-refractivity contribution in [2.24, 2.45) is 0 Å². The maximum absolute atomic E-state index is 12.1. The summed E-state index contributed by atoms with van der Waals surface area (Å²) >= 11 is 0. The zero-order valence-corrected chi connectivity index (χ0v) is 14.3. The number of aromatic nitrogens is 4. The van der Waals surface area contributed by atoms with Crippen LogP contribution in [0.4, 0.5) is 0 Å². The van der Waals surface area contributed by atoms with Gasteiger partial charge in [0.2, 0.25) is 5.82 Å². The lowest BCUT2D eigenvalue weighted by Crippen LogP contribution is -2.25. The molecule has 130 valence electrons. The van der Waals surface area contributed by atoms with Crippen molar-refractivity contribution in [2.45, 2.75) is 46.0 Å². The van der Waals surface area contributed by atoms with Crippen molar-refractivity contribution in [3.05, 3.63) is 23.3 Å². The number of ether oxygens (including phenoxy) is 1. The maximum atomic E-state index is 12.1. The van der Waals surface area contributed by atoms with E-state index in [0.717, 1.165) is 37.1 Å². The van der Waals surface area contributed by atoms with Gasteiger partial charge in [0.05, 0.1) is 7.11 Å². The number of hydrogen-bond donors (Lipinski definition) is 1. The van der Waals surface area contributed by atoms with Gasteiger partial charge in [-0.05, 0) is 32.8 Å². The minimum Gasteiger partial charge on any atom is -0.469 e. The Kier molecular flexibility index (Phi) is 6.22. The molecule has 0 bridgehead atoms. The molecular formula is C16H23N5O3. The third kappa shape index (κ3) is 4.74. The SMILES string of the molecule is COC(=O)CCCCCCNC(=O)c1nc2nc(C)cc(C)n2n1. The summed E-state index contributed by atoms with van der Waals surface area (Å²) in [5.41, 5.74) is 1.72. The van der Waals surface area contributed by atoms with Crippen LogP contribution in [0, 0.1) is 13.8 Å². The molecule has 0 atom stereocenters. The molecule has 24 heavy (non-hydrogen) atoms. The van der Waals surface area contributed by atoms with E-state index in [2.05, 4.69) is 25.1 Å². The Labute approximate surface area is 140 Å². The van der Waals surface area contributed by atoms with Crippen LogP contribution < -0.4 is 5.32 Å². The molecule has 0 unspecified atom stereocenters. The first-order valence-electron chi connectivity index (χ1n) is 8.07. The summed E-state index contributed by atoms with van der Waals surface area (Å²) < 4.78 is 6.15. The zero-order chi connectivity index (χ0) is 17.5. The van der Waals surface area contributed by atoms with Crippen molar-refractivity contribution in [1.82, 2.24) is 24.9 Å². The molecule has 0 spiro atoms. The molecule has 0 aliphatic rings. The second kappa shape index (κ2) is 8.37. The average Bonchev–Trinajstić information content (AvgIpc) is 2.97. The van der Waals surface area contributed by atoms with Gasteiger partial charge in [-0.2, -0.15) is 4.98 Å². The van der Waals surface area contributed by atoms with Gasteiger partial charge in [0.1, 0.15) is 0 Å². The van der Waals surface area contributed by atoms with Crippen LogP contribution in [0.5, 0.6) is 0 Å². The number of unbranched alkanes of at least 4 members (excludes halogenated alkanes) is 3. The smallest absolute Gasteiger partial charge is 0.305 e. The lowest BCUT2D eigenvalue weighted by atomic mass is 10.1. The monoisotopic (exact) mass is 333 g/mol. The highest BCUT2D eigenvalue weighted by molar-refractivity contribution is 5.90. The fourth-order valence-corrected chi connectivity index (χ4v) is 2.39. The van der Waals surface area contributed by atoms with E-state index in [1.54, 1.807) is 4.52 Å². The number of carbonyl (C=O) groups is 2. The molecule has 0 aliphatic carbocycles. The first kappa shape index (κ1) is 17.8. The number of aryl methyl sites for hydroxylation is 2. The minimum atomic E-state index is -0.299. The lowest BCUT2D eigenvalue weighted by molar-refractivity contribution is -0.140. The van der Waals surface area contributed by atoms with Crippen LogP contribution >= 0.6 is 0 Å². The molecule has 1 amide bonds. The number of nitrogens with one attached hydrogen (secondary N) is 1. The van der Waals surface area contributed by atoms with Crippen molar-refractivity contribution in [2.75, 3.05) is 13.7 Å². The molecule has 8 nitrogen and oxygen atoms in total. The van der Waals surface area contributed by atoms with E-state index in [-0.39, 0.29) is 17.7 Å². The molecular weight excluding hydrogens is 310 g/mol. The lowest BCUT2D eigenvalue weighted by Gasteiger charge is -2.02. The highest BCUT2D eigenvalue weighted by atomic mass is 16.5. The standard InChI is InChI=1S/C16H23N5O3/c1-11-10-12(2)21-16(18-11)19-14(20-21)15(23)17-9-7-5-4-6-8-13(22)24-3/h10H,4-9H2,1-3H3,(H,17,23). The van der Waals surface area contributed by atoms with E-state index < -0.39 is 0 Å². The molecule has 0 aliphatic heterocycles. The van der Waals surface area contributed by atoms with E-state index in [1.807, 2.05) is 19.9 Å². The summed E-state index contributed by atoms with van der Waals surface area (Å²) in [6.45, 7) is 4.33. The predicted octanol–water partition coefficient (Wildman–Crippen LogP) is 1.59. The first-order chi connectivity index (χ1) is 11.5. The summed E-state index contributed by atoms with van der Waals surface area (Å²) in [6, 6.07) is 1.89. The first-order valence-corrected chi connectivity index (χ1v) is 8.07. The maximum Gasteiger partial charge on any atom is 0.305 e. The van der Waals surface area contributed by atoms with Crippen LogP contribution in [0.3, 0.4) is 0 Å². The Hall–Kier alpha value is -2.51. The number of nitrogens with zero attached hydrogens (tertiary/aromatic N) is 4. The molecule has 0 fully saturated rings. The Bertz CT molecular complexity index is 726. The van der Waals surface area contributed by atoms with E-state index in [0.29, 0.717) is 18.7 Å². The molecule has 0 radical (unpaired) electrons. The number of carbonyl (C=O) groups excluding carboxylic acids is 2. The summed E-state index contributed by atoms with van der Waals surface area (Å²) in [4.78, 5) is 31.5. The number of amides is 1. The molecule has 2 aromatic rings. The van der Waals surface area contributed by atoms with E-state index in [1.165, 1.54) is 7.11 Å². The molecule has 2 rings (SSSR count). The molecule has 0 saturated carbocycles. The van der Waals surface area contributed by atoms with Crippen LogP contribution in [-0.2, 0) is 9.53 Å². The van der Waals surface area contributed by atoms with Gasteiger partial charge < -0.3 is 10.1 Å². The number of hydrogen-bond acceptors (Lipinski definition) is 6. The molecule has 2 aromatic heterocycles. The average molecular weight is 333 g/mol. The summed E-state index contributed by atoms with van der Waals surface area (Å²) in [5.74, 6) is 0.0785. The van der Waals surface area contributed by atoms with Crippen molar-refractivity contribution in [3.63, 3.8) is 0 Å². The van der Waals surface area contributed by atoms with E-state index >= 15 is 0 Å². The molecule has 0 aromatic carbocycles. The second-order valence-corrected chi connectivity index (χ2v) is 5.68. The minimum absolute atomic E-state index is 0.127. The van der Waals surface area contributed by atoms with Crippen LogP contribution in [-0.4, -0.2) is 45.1 Å². The Morgan fingerprint density at radius 3 is 2.67 bits per heavy atom. The number of esters is 1.